The molecule has 0 radical (unpaired) electrons. The Morgan fingerprint density at radius 2 is 1.96 bits per heavy atom. The standard InChI is InChI=1S/C12H16N6O4S.CH3/c1-17(7-8-22-23(19,20)21)11-5-3-10(4-6-11)14-16-12-15-13-9-18(12)2;/h3-6,9H,7-8H2,1-2H3,(H,19,20,21);1H3/q;+1/p-1. The zero-order valence-corrected chi connectivity index (χ0v) is 14.3. The maximum atomic E-state index is 10.4. The minimum Gasteiger partial charge on any atom is -0.726 e. The van der Waals surface area contributed by atoms with Crippen molar-refractivity contribution in [2.45, 2.75) is 0 Å². The first-order valence-electron chi connectivity index (χ1n) is 6.52. The highest BCUT2D eigenvalue weighted by atomic mass is 32.3. The van der Waals surface area contributed by atoms with Gasteiger partial charge in [0.2, 0.25) is 10.4 Å². The van der Waals surface area contributed by atoms with E-state index >= 15 is 0 Å². The van der Waals surface area contributed by atoms with Crippen molar-refractivity contribution in [3.8, 4) is 0 Å². The van der Waals surface area contributed by atoms with E-state index in [1.165, 1.54) is 6.33 Å². The van der Waals surface area contributed by atoms with E-state index in [1.807, 2.05) is 0 Å². The van der Waals surface area contributed by atoms with Crippen molar-refractivity contribution < 1.29 is 17.2 Å². The molecule has 11 heteroatoms. The zero-order valence-electron chi connectivity index (χ0n) is 13.5. The van der Waals surface area contributed by atoms with Crippen LogP contribution in [0.25, 0.3) is 0 Å². The molecule has 1 heterocycles. The number of benzene rings is 1. The monoisotopic (exact) mass is 354 g/mol. The molecule has 2 aromatic rings. The quantitative estimate of drug-likeness (QED) is 0.320. The number of azo groups is 1. The average molecular weight is 354 g/mol. The summed E-state index contributed by atoms with van der Waals surface area (Å²) in [5.74, 6) is 0.391. The van der Waals surface area contributed by atoms with Crippen molar-refractivity contribution in [1.29, 1.82) is 0 Å². The lowest BCUT2D eigenvalue weighted by Crippen LogP contribution is -2.23. The van der Waals surface area contributed by atoms with E-state index in [-0.39, 0.29) is 20.6 Å². The van der Waals surface area contributed by atoms with Gasteiger partial charge in [-0.3, -0.25) is 4.18 Å². The van der Waals surface area contributed by atoms with Gasteiger partial charge < -0.3 is 14.0 Å². The molecule has 24 heavy (non-hydrogen) atoms. The van der Waals surface area contributed by atoms with Crippen LogP contribution in [0.5, 0.6) is 0 Å². The van der Waals surface area contributed by atoms with Gasteiger partial charge in [-0.05, 0) is 24.3 Å². The van der Waals surface area contributed by atoms with Crippen LogP contribution in [0.15, 0.2) is 40.8 Å². The molecule has 0 saturated heterocycles. The molecule has 0 aliphatic rings. The largest absolute Gasteiger partial charge is 0.726 e. The maximum absolute atomic E-state index is 10.4. The van der Waals surface area contributed by atoms with Gasteiger partial charge in [0.25, 0.3) is 5.95 Å². The molecule has 0 fully saturated rings. The van der Waals surface area contributed by atoms with Crippen molar-refractivity contribution in [3.63, 3.8) is 0 Å². The summed E-state index contributed by atoms with van der Waals surface area (Å²) in [7, 11) is -1.15. The molecule has 0 spiro atoms. The van der Waals surface area contributed by atoms with Gasteiger partial charge in [-0.25, -0.2) is 8.42 Å². The Morgan fingerprint density at radius 1 is 1.29 bits per heavy atom. The van der Waals surface area contributed by atoms with Gasteiger partial charge in [-0.15, -0.1) is 20.4 Å². The van der Waals surface area contributed by atoms with E-state index in [0.717, 1.165) is 5.69 Å². The molecular weight excluding hydrogens is 336 g/mol. The molecule has 0 N–H and O–H groups in total. The van der Waals surface area contributed by atoms with Gasteiger partial charge >= 0.3 is 0 Å². The lowest BCUT2D eigenvalue weighted by molar-refractivity contribution is 0.267. The Kier molecular flexibility index (Phi) is 6.82. The molecule has 1 aromatic carbocycles. The first-order chi connectivity index (χ1) is 10.8. The third-order valence-corrected chi connectivity index (χ3v) is 3.34. The molecular formula is C13H18N6O4S. The van der Waals surface area contributed by atoms with E-state index in [1.54, 1.807) is 47.8 Å². The fourth-order valence-corrected chi connectivity index (χ4v) is 1.93. The minimum absolute atomic E-state index is 0. The Balaban J connectivity index is 0.00000288. The number of nitrogens with zero attached hydrogens (tertiary/aromatic N) is 6. The van der Waals surface area contributed by atoms with Crippen LogP contribution in [-0.2, 0) is 21.6 Å². The van der Waals surface area contributed by atoms with E-state index in [9.17, 15) is 13.0 Å². The second-order valence-electron chi connectivity index (χ2n) is 4.61. The van der Waals surface area contributed by atoms with Crippen LogP contribution in [0.4, 0.5) is 17.3 Å². The second kappa shape index (κ2) is 8.38. The summed E-state index contributed by atoms with van der Waals surface area (Å²) in [5, 5.41) is 15.5. The molecule has 0 amide bonds. The molecule has 10 nitrogen and oxygen atoms in total. The maximum Gasteiger partial charge on any atom is 0.269 e. The molecule has 0 saturated carbocycles. The summed E-state index contributed by atoms with van der Waals surface area (Å²) in [5.41, 5.74) is 1.44. The van der Waals surface area contributed by atoms with Crippen molar-refractivity contribution in [2.75, 3.05) is 25.1 Å². The zero-order chi connectivity index (χ0) is 16.9. The number of aryl methyl sites for hydroxylation is 1. The lowest BCUT2D eigenvalue weighted by atomic mass is 10.2. The highest BCUT2D eigenvalue weighted by molar-refractivity contribution is 7.80. The fourth-order valence-electron chi connectivity index (χ4n) is 1.65. The smallest absolute Gasteiger partial charge is 0.269 e. The van der Waals surface area contributed by atoms with Crippen LogP contribution in [-0.4, -0.2) is 47.9 Å². The van der Waals surface area contributed by atoms with E-state index in [2.05, 4.69) is 24.6 Å². The molecule has 130 valence electrons. The summed E-state index contributed by atoms with van der Waals surface area (Å²) >= 11 is 0. The lowest BCUT2D eigenvalue weighted by Gasteiger charge is -2.19. The van der Waals surface area contributed by atoms with Crippen LogP contribution in [0.2, 0.25) is 0 Å². The summed E-state index contributed by atoms with van der Waals surface area (Å²) in [6.45, 7) is 0.0389. The Bertz CT molecular complexity index is 772. The Labute approximate surface area is 140 Å². The molecule has 0 aliphatic heterocycles. The summed E-state index contributed by atoms with van der Waals surface area (Å²) in [6, 6.07) is 7.07. The number of anilines is 1. The van der Waals surface area contributed by atoms with Crippen molar-refractivity contribution in [3.05, 3.63) is 38.0 Å². The van der Waals surface area contributed by atoms with Crippen molar-refractivity contribution in [1.82, 2.24) is 14.8 Å². The van der Waals surface area contributed by atoms with Crippen molar-refractivity contribution in [2.24, 2.45) is 17.3 Å². The van der Waals surface area contributed by atoms with Crippen LogP contribution in [0, 0.1) is 7.43 Å². The third-order valence-electron chi connectivity index (χ3n) is 2.89. The summed E-state index contributed by atoms with van der Waals surface area (Å²) in [6.07, 6.45) is 1.52. The SMILES string of the molecule is CN(CCOS(=O)(=O)[O-])c1ccc(N=Nc2nncn2C)cc1.[CH3+]. The van der Waals surface area contributed by atoms with Gasteiger partial charge in [0.1, 0.15) is 6.33 Å². The summed E-state index contributed by atoms with van der Waals surface area (Å²) < 4.78 is 36.9. The Morgan fingerprint density at radius 3 is 2.50 bits per heavy atom. The number of aromatic nitrogens is 3. The Hall–Kier alpha value is -2.50. The van der Waals surface area contributed by atoms with Crippen molar-refractivity contribution >= 4 is 27.7 Å². The van der Waals surface area contributed by atoms with Gasteiger partial charge in [0.05, 0.1) is 12.3 Å². The molecule has 1 aromatic heterocycles. The van der Waals surface area contributed by atoms with Gasteiger partial charge in [-0.2, -0.15) is 0 Å². The molecule has 0 atom stereocenters. The highest BCUT2D eigenvalue weighted by Crippen LogP contribution is 2.20. The van der Waals surface area contributed by atoms with Crippen LogP contribution >= 0.6 is 0 Å². The summed E-state index contributed by atoms with van der Waals surface area (Å²) in [4.78, 5) is 1.74. The number of rotatable bonds is 7. The number of hydrogen-bond donors (Lipinski definition) is 0. The van der Waals surface area contributed by atoms with Gasteiger partial charge in [0.15, 0.2) is 0 Å². The van der Waals surface area contributed by atoms with Gasteiger partial charge in [-0.1, -0.05) is 0 Å². The molecule has 0 aliphatic carbocycles. The van der Waals surface area contributed by atoms with Crippen LogP contribution in [0.1, 0.15) is 0 Å². The normalized spacial score (nSPS) is 11.5. The van der Waals surface area contributed by atoms with E-state index < -0.39 is 10.4 Å². The first kappa shape index (κ1) is 19.5. The first-order valence-corrected chi connectivity index (χ1v) is 7.86. The number of likely N-dealkylation sites (N-methyl/N-ethyl adjacent to an activating group) is 1. The molecule has 2 rings (SSSR count). The van der Waals surface area contributed by atoms with Gasteiger partial charge in [0, 0.05) is 33.8 Å². The third kappa shape index (κ3) is 5.95. The molecule has 0 bridgehead atoms. The van der Waals surface area contributed by atoms with Crippen LogP contribution < -0.4 is 4.90 Å². The second-order valence-corrected chi connectivity index (χ2v) is 5.66. The van der Waals surface area contributed by atoms with E-state index in [0.29, 0.717) is 11.6 Å². The topological polar surface area (TPSA) is 125 Å². The van der Waals surface area contributed by atoms with Crippen LogP contribution in [0.3, 0.4) is 0 Å². The average Bonchev–Trinajstić information content (AvgIpc) is 2.89. The van der Waals surface area contributed by atoms with E-state index in [4.69, 9.17) is 0 Å². The fraction of sp³-hybridized carbons (Fsp3) is 0.308. The molecule has 0 unspecified atom stereocenters. The highest BCUT2D eigenvalue weighted by Gasteiger charge is 2.03. The predicted molar refractivity (Wildman–Crippen MR) is 87.0 cm³/mol. The predicted octanol–water partition coefficient (Wildman–Crippen LogP) is 1.59. The number of hydrogen-bond acceptors (Lipinski definition) is 9. The minimum atomic E-state index is -4.66.